The molecule has 0 saturated carbocycles. The summed E-state index contributed by atoms with van der Waals surface area (Å²) in [6, 6.07) is 5.08. The van der Waals surface area contributed by atoms with Crippen molar-refractivity contribution in [3.8, 4) is 0 Å². The standard InChI is InChI=1S/C18H23BrN2O4/c1-4-7-25-18(24)14-9-13(19)5-6-15(14)20-17(23)12-8-16(22)21(10-12)11(2)3/h5-6,9,11-12H,4,7-8,10H2,1-3H3,(H,20,23). The lowest BCUT2D eigenvalue weighted by Gasteiger charge is -2.20. The van der Waals surface area contributed by atoms with Crippen LogP contribution < -0.4 is 5.32 Å². The van der Waals surface area contributed by atoms with Crippen LogP contribution in [0.1, 0.15) is 44.0 Å². The van der Waals surface area contributed by atoms with E-state index in [4.69, 9.17) is 4.74 Å². The van der Waals surface area contributed by atoms with E-state index in [0.717, 1.165) is 10.9 Å². The lowest BCUT2D eigenvalue weighted by atomic mass is 10.1. The van der Waals surface area contributed by atoms with Gasteiger partial charge >= 0.3 is 5.97 Å². The third-order valence-corrected chi connectivity index (χ3v) is 4.54. The SMILES string of the molecule is CCCOC(=O)c1cc(Br)ccc1NC(=O)C1CC(=O)N(C(C)C)C1. The number of ether oxygens (including phenoxy) is 1. The number of halogens is 1. The van der Waals surface area contributed by atoms with Crippen LogP contribution in [0.3, 0.4) is 0 Å². The maximum absolute atomic E-state index is 12.5. The van der Waals surface area contributed by atoms with Crippen LogP contribution >= 0.6 is 15.9 Å². The van der Waals surface area contributed by atoms with E-state index in [-0.39, 0.29) is 24.3 Å². The molecule has 0 radical (unpaired) electrons. The Morgan fingerprint density at radius 2 is 2.12 bits per heavy atom. The van der Waals surface area contributed by atoms with Gasteiger partial charge in [-0.1, -0.05) is 22.9 Å². The number of hydrogen-bond acceptors (Lipinski definition) is 4. The Labute approximate surface area is 156 Å². The van der Waals surface area contributed by atoms with Crippen LogP contribution in [-0.2, 0) is 14.3 Å². The summed E-state index contributed by atoms with van der Waals surface area (Å²) in [6.45, 7) is 6.48. The fraction of sp³-hybridized carbons (Fsp3) is 0.500. The van der Waals surface area contributed by atoms with Gasteiger partial charge in [0.2, 0.25) is 11.8 Å². The first kappa shape index (κ1) is 19.4. The minimum Gasteiger partial charge on any atom is -0.462 e. The molecule has 0 spiro atoms. The summed E-state index contributed by atoms with van der Waals surface area (Å²) in [6.07, 6.45) is 0.910. The van der Waals surface area contributed by atoms with E-state index in [0.29, 0.717) is 24.4 Å². The molecule has 1 aromatic carbocycles. The smallest absolute Gasteiger partial charge is 0.340 e. The van der Waals surface area contributed by atoms with E-state index in [2.05, 4.69) is 21.2 Å². The summed E-state index contributed by atoms with van der Waals surface area (Å²) in [5.74, 6) is -1.18. The molecule has 136 valence electrons. The van der Waals surface area contributed by atoms with Crippen LogP contribution in [0.25, 0.3) is 0 Å². The fourth-order valence-corrected chi connectivity index (χ4v) is 3.07. The molecule has 25 heavy (non-hydrogen) atoms. The second-order valence-electron chi connectivity index (χ2n) is 6.36. The van der Waals surface area contributed by atoms with Gasteiger partial charge < -0.3 is 15.0 Å². The molecule has 2 amide bonds. The lowest BCUT2D eigenvalue weighted by molar-refractivity contribution is -0.129. The van der Waals surface area contributed by atoms with Gasteiger partial charge in [0, 0.05) is 23.5 Å². The molecular formula is C18H23BrN2O4. The third-order valence-electron chi connectivity index (χ3n) is 4.05. The highest BCUT2D eigenvalue weighted by Crippen LogP contribution is 2.25. The average Bonchev–Trinajstić information content (AvgIpc) is 2.96. The normalized spacial score (nSPS) is 17.1. The number of amides is 2. The summed E-state index contributed by atoms with van der Waals surface area (Å²) >= 11 is 3.33. The summed E-state index contributed by atoms with van der Waals surface area (Å²) in [5.41, 5.74) is 0.686. The van der Waals surface area contributed by atoms with E-state index < -0.39 is 11.9 Å². The van der Waals surface area contributed by atoms with Crippen molar-refractivity contribution >= 4 is 39.4 Å². The van der Waals surface area contributed by atoms with Crippen molar-refractivity contribution in [2.75, 3.05) is 18.5 Å². The summed E-state index contributed by atoms with van der Waals surface area (Å²) < 4.78 is 5.89. The zero-order chi connectivity index (χ0) is 18.6. The number of carbonyl (C=O) groups is 3. The van der Waals surface area contributed by atoms with Gasteiger partial charge in [-0.3, -0.25) is 9.59 Å². The van der Waals surface area contributed by atoms with Crippen LogP contribution in [-0.4, -0.2) is 41.9 Å². The van der Waals surface area contributed by atoms with Crippen molar-refractivity contribution in [3.63, 3.8) is 0 Å². The molecule has 1 fully saturated rings. The Kier molecular flexibility index (Phi) is 6.58. The van der Waals surface area contributed by atoms with Gasteiger partial charge in [0.25, 0.3) is 0 Å². The first-order chi connectivity index (χ1) is 11.8. The molecule has 0 aliphatic carbocycles. The van der Waals surface area contributed by atoms with Gasteiger partial charge in [-0.25, -0.2) is 4.79 Å². The number of esters is 1. The largest absolute Gasteiger partial charge is 0.462 e. The Morgan fingerprint density at radius 1 is 1.40 bits per heavy atom. The van der Waals surface area contributed by atoms with Crippen LogP contribution in [0.2, 0.25) is 0 Å². The molecule has 1 atom stereocenters. The van der Waals surface area contributed by atoms with Gasteiger partial charge in [-0.05, 0) is 38.5 Å². The van der Waals surface area contributed by atoms with Gasteiger partial charge in [-0.2, -0.15) is 0 Å². The Balaban J connectivity index is 2.13. The molecule has 1 aliphatic rings. The topological polar surface area (TPSA) is 75.7 Å². The maximum atomic E-state index is 12.5. The highest BCUT2D eigenvalue weighted by molar-refractivity contribution is 9.10. The predicted molar refractivity (Wildman–Crippen MR) is 98.3 cm³/mol. The maximum Gasteiger partial charge on any atom is 0.340 e. The molecule has 1 saturated heterocycles. The zero-order valence-electron chi connectivity index (χ0n) is 14.7. The van der Waals surface area contributed by atoms with Crippen molar-refractivity contribution < 1.29 is 19.1 Å². The summed E-state index contributed by atoms with van der Waals surface area (Å²) in [4.78, 5) is 38.4. The van der Waals surface area contributed by atoms with E-state index >= 15 is 0 Å². The molecule has 1 N–H and O–H groups in total. The van der Waals surface area contributed by atoms with Crippen LogP contribution in [0.15, 0.2) is 22.7 Å². The second kappa shape index (κ2) is 8.47. The molecule has 0 aromatic heterocycles. The van der Waals surface area contributed by atoms with Crippen molar-refractivity contribution in [1.29, 1.82) is 0 Å². The number of nitrogens with zero attached hydrogens (tertiary/aromatic N) is 1. The molecule has 0 bridgehead atoms. The van der Waals surface area contributed by atoms with Crippen LogP contribution in [0.4, 0.5) is 5.69 Å². The highest BCUT2D eigenvalue weighted by atomic mass is 79.9. The van der Waals surface area contributed by atoms with Gasteiger partial charge in [0.1, 0.15) is 0 Å². The van der Waals surface area contributed by atoms with Gasteiger partial charge in [0.15, 0.2) is 0 Å². The van der Waals surface area contributed by atoms with Gasteiger partial charge in [-0.15, -0.1) is 0 Å². The molecule has 7 heteroatoms. The third kappa shape index (κ3) is 4.81. The monoisotopic (exact) mass is 410 g/mol. The number of nitrogens with one attached hydrogen (secondary N) is 1. The number of benzene rings is 1. The number of rotatable bonds is 6. The number of anilines is 1. The van der Waals surface area contributed by atoms with E-state index in [1.54, 1.807) is 23.1 Å². The second-order valence-corrected chi connectivity index (χ2v) is 7.27. The van der Waals surface area contributed by atoms with E-state index in [1.807, 2.05) is 20.8 Å². The minimum absolute atomic E-state index is 0.0199. The quantitative estimate of drug-likeness (QED) is 0.730. The van der Waals surface area contributed by atoms with Crippen molar-refractivity contribution in [2.24, 2.45) is 5.92 Å². The minimum atomic E-state index is -0.482. The molecule has 1 unspecified atom stereocenters. The number of hydrogen-bond donors (Lipinski definition) is 1. The first-order valence-corrected chi connectivity index (χ1v) is 9.19. The van der Waals surface area contributed by atoms with E-state index in [9.17, 15) is 14.4 Å². The lowest BCUT2D eigenvalue weighted by Crippen LogP contribution is -2.33. The van der Waals surface area contributed by atoms with Gasteiger partial charge in [0.05, 0.1) is 23.8 Å². The number of carbonyl (C=O) groups excluding carboxylic acids is 3. The molecule has 1 aliphatic heterocycles. The fourth-order valence-electron chi connectivity index (χ4n) is 2.71. The summed E-state index contributed by atoms with van der Waals surface area (Å²) in [5, 5.41) is 2.78. The van der Waals surface area contributed by atoms with Crippen molar-refractivity contribution in [1.82, 2.24) is 4.90 Å². The first-order valence-electron chi connectivity index (χ1n) is 8.40. The highest BCUT2D eigenvalue weighted by Gasteiger charge is 2.35. The van der Waals surface area contributed by atoms with Crippen LogP contribution in [0, 0.1) is 5.92 Å². The number of likely N-dealkylation sites (tertiary alicyclic amines) is 1. The Bertz CT molecular complexity index is 675. The van der Waals surface area contributed by atoms with Crippen molar-refractivity contribution in [3.05, 3.63) is 28.2 Å². The molecule has 6 nitrogen and oxygen atoms in total. The van der Waals surface area contributed by atoms with E-state index in [1.165, 1.54) is 0 Å². The molecular weight excluding hydrogens is 388 g/mol. The Morgan fingerprint density at radius 3 is 2.72 bits per heavy atom. The molecule has 2 rings (SSSR count). The molecule has 1 heterocycles. The Hall–Kier alpha value is -1.89. The van der Waals surface area contributed by atoms with Crippen LogP contribution in [0.5, 0.6) is 0 Å². The summed E-state index contributed by atoms with van der Waals surface area (Å²) in [7, 11) is 0. The average molecular weight is 411 g/mol. The molecule has 1 aromatic rings. The zero-order valence-corrected chi connectivity index (χ0v) is 16.3. The van der Waals surface area contributed by atoms with Crippen molar-refractivity contribution in [2.45, 2.75) is 39.7 Å². The predicted octanol–water partition coefficient (Wildman–Crippen LogP) is 3.21.